The zero-order valence-electron chi connectivity index (χ0n) is 7.30. The van der Waals surface area contributed by atoms with Crippen LogP contribution < -0.4 is 4.74 Å². The molecule has 0 N–H and O–H groups in total. The summed E-state index contributed by atoms with van der Waals surface area (Å²) in [6.07, 6.45) is 4.69. The summed E-state index contributed by atoms with van der Waals surface area (Å²) in [6, 6.07) is 3.49. The summed E-state index contributed by atoms with van der Waals surface area (Å²) >= 11 is 0. The molecular formula is C9H10N2O2. The van der Waals surface area contributed by atoms with Crippen molar-refractivity contribution in [3.05, 3.63) is 23.9 Å². The molecule has 0 bridgehead atoms. The number of carbonyl (C=O) groups is 1. The molecule has 1 heterocycles. The van der Waals surface area contributed by atoms with Crippen molar-refractivity contribution in [1.29, 1.82) is 0 Å². The predicted octanol–water partition coefficient (Wildman–Crippen LogP) is 1.09. The van der Waals surface area contributed by atoms with Crippen molar-refractivity contribution in [3.63, 3.8) is 0 Å². The predicted molar refractivity (Wildman–Crippen MR) is 48.3 cm³/mol. The lowest BCUT2D eigenvalue weighted by Crippen LogP contribution is -1.91. The van der Waals surface area contributed by atoms with E-state index in [4.69, 9.17) is 4.74 Å². The second-order valence-corrected chi connectivity index (χ2v) is 2.31. The van der Waals surface area contributed by atoms with Crippen molar-refractivity contribution in [2.45, 2.75) is 6.42 Å². The minimum atomic E-state index is 0.397. The van der Waals surface area contributed by atoms with E-state index < -0.39 is 0 Å². The monoisotopic (exact) mass is 178 g/mol. The minimum Gasteiger partial charge on any atom is -0.480 e. The molecule has 0 aliphatic rings. The van der Waals surface area contributed by atoms with Crippen LogP contribution in [0.15, 0.2) is 18.2 Å². The Morgan fingerprint density at radius 2 is 2.31 bits per heavy atom. The fraction of sp³-hybridized carbons (Fsp3) is 0.222. The highest BCUT2D eigenvalue weighted by molar-refractivity contribution is 5.56. The van der Waals surface area contributed by atoms with Crippen molar-refractivity contribution < 1.29 is 9.53 Å². The molecule has 4 heteroatoms. The molecule has 68 valence electrons. The number of aldehydes is 1. The quantitative estimate of drug-likeness (QED) is 0.647. The fourth-order valence-corrected chi connectivity index (χ4v) is 0.772. The molecule has 13 heavy (non-hydrogen) atoms. The van der Waals surface area contributed by atoms with Crippen LogP contribution in [0.25, 0.3) is 6.08 Å². The first-order valence-corrected chi connectivity index (χ1v) is 3.84. The first kappa shape index (κ1) is 9.38. The Morgan fingerprint density at radius 1 is 1.46 bits per heavy atom. The van der Waals surface area contributed by atoms with E-state index in [2.05, 4.69) is 10.2 Å². The Labute approximate surface area is 76.2 Å². The molecular weight excluding hydrogens is 168 g/mol. The normalized spacial score (nSPS) is 10.2. The highest BCUT2D eigenvalue weighted by Gasteiger charge is 1.92. The Balaban J connectivity index is 2.63. The molecule has 0 saturated carbocycles. The summed E-state index contributed by atoms with van der Waals surface area (Å²) in [5.41, 5.74) is 0.711. The van der Waals surface area contributed by atoms with Gasteiger partial charge in [-0.3, -0.25) is 0 Å². The number of nitrogens with zero attached hydrogens (tertiary/aromatic N) is 2. The summed E-state index contributed by atoms with van der Waals surface area (Å²) in [4.78, 5) is 9.99. The van der Waals surface area contributed by atoms with Crippen LogP contribution >= 0.6 is 0 Å². The van der Waals surface area contributed by atoms with Gasteiger partial charge in [0.15, 0.2) is 0 Å². The molecule has 0 fully saturated rings. The summed E-state index contributed by atoms with van der Waals surface area (Å²) in [7, 11) is 1.53. The van der Waals surface area contributed by atoms with Crippen LogP contribution in [-0.2, 0) is 4.79 Å². The Kier molecular flexibility index (Phi) is 3.63. The average Bonchev–Trinajstić information content (AvgIpc) is 2.19. The summed E-state index contributed by atoms with van der Waals surface area (Å²) in [5.74, 6) is 0.479. The van der Waals surface area contributed by atoms with Gasteiger partial charge in [0.25, 0.3) is 0 Å². The third-order valence-corrected chi connectivity index (χ3v) is 1.39. The van der Waals surface area contributed by atoms with Gasteiger partial charge < -0.3 is 9.53 Å². The van der Waals surface area contributed by atoms with Gasteiger partial charge in [0, 0.05) is 12.5 Å². The zero-order valence-corrected chi connectivity index (χ0v) is 7.30. The second kappa shape index (κ2) is 5.03. The molecule has 0 aromatic carbocycles. The molecule has 0 aliphatic heterocycles. The fourth-order valence-electron chi connectivity index (χ4n) is 0.772. The Bertz CT molecular complexity index is 293. The maximum absolute atomic E-state index is 9.99. The second-order valence-electron chi connectivity index (χ2n) is 2.31. The number of methoxy groups -OCH3 is 1. The molecule has 0 saturated heterocycles. The van der Waals surface area contributed by atoms with Gasteiger partial charge in [-0.2, -0.15) is 0 Å². The van der Waals surface area contributed by atoms with E-state index >= 15 is 0 Å². The molecule has 1 aromatic heterocycles. The molecule has 1 aromatic rings. The van der Waals surface area contributed by atoms with Crippen molar-refractivity contribution in [2.24, 2.45) is 0 Å². The number of aromatic nitrogens is 2. The van der Waals surface area contributed by atoms with Gasteiger partial charge in [-0.05, 0) is 12.1 Å². The van der Waals surface area contributed by atoms with Crippen LogP contribution in [0.1, 0.15) is 12.1 Å². The topological polar surface area (TPSA) is 52.1 Å². The van der Waals surface area contributed by atoms with E-state index in [1.54, 1.807) is 24.3 Å². The molecule has 0 amide bonds. The summed E-state index contributed by atoms with van der Waals surface area (Å²) in [5, 5.41) is 7.61. The maximum Gasteiger partial charge on any atom is 0.233 e. The summed E-state index contributed by atoms with van der Waals surface area (Å²) < 4.78 is 4.84. The SMILES string of the molecule is COc1ccc(C=CCC=O)nn1. The van der Waals surface area contributed by atoms with Crippen LogP contribution in [0.5, 0.6) is 5.88 Å². The standard InChI is InChI=1S/C9H10N2O2/c1-13-9-6-5-8(10-11-9)4-2-3-7-12/h2,4-7H,3H2,1H3. The number of hydrogen-bond donors (Lipinski definition) is 0. The minimum absolute atomic E-state index is 0.397. The molecule has 0 aliphatic carbocycles. The number of ether oxygens (including phenoxy) is 1. The van der Waals surface area contributed by atoms with Gasteiger partial charge in [-0.25, -0.2) is 0 Å². The molecule has 0 radical (unpaired) electrons. The molecule has 4 nitrogen and oxygen atoms in total. The molecule has 0 unspecified atom stereocenters. The lowest BCUT2D eigenvalue weighted by atomic mass is 10.3. The van der Waals surface area contributed by atoms with Gasteiger partial charge in [0.1, 0.15) is 6.29 Å². The van der Waals surface area contributed by atoms with Gasteiger partial charge in [0.2, 0.25) is 5.88 Å². The van der Waals surface area contributed by atoms with Crippen LogP contribution in [0.2, 0.25) is 0 Å². The number of allylic oxidation sites excluding steroid dienone is 1. The number of hydrogen-bond acceptors (Lipinski definition) is 4. The lowest BCUT2D eigenvalue weighted by Gasteiger charge is -1.95. The lowest BCUT2D eigenvalue weighted by molar-refractivity contribution is -0.107. The van der Waals surface area contributed by atoms with Crippen molar-refractivity contribution in [2.75, 3.05) is 7.11 Å². The van der Waals surface area contributed by atoms with E-state index in [1.807, 2.05) is 0 Å². The van der Waals surface area contributed by atoms with Crippen molar-refractivity contribution in [3.8, 4) is 5.88 Å². The van der Waals surface area contributed by atoms with Crippen molar-refractivity contribution in [1.82, 2.24) is 10.2 Å². The highest BCUT2D eigenvalue weighted by Crippen LogP contribution is 2.04. The van der Waals surface area contributed by atoms with Gasteiger partial charge >= 0.3 is 0 Å². The molecule has 0 atom stereocenters. The molecule has 0 spiro atoms. The number of rotatable bonds is 4. The van der Waals surface area contributed by atoms with Gasteiger partial charge in [0.05, 0.1) is 12.8 Å². The largest absolute Gasteiger partial charge is 0.480 e. The highest BCUT2D eigenvalue weighted by atomic mass is 16.5. The van der Waals surface area contributed by atoms with E-state index in [9.17, 15) is 4.79 Å². The number of carbonyl (C=O) groups excluding carboxylic acids is 1. The first-order valence-electron chi connectivity index (χ1n) is 3.84. The smallest absolute Gasteiger partial charge is 0.233 e. The van der Waals surface area contributed by atoms with Crippen LogP contribution in [0.3, 0.4) is 0 Å². The Morgan fingerprint density at radius 3 is 2.85 bits per heavy atom. The summed E-state index contributed by atoms with van der Waals surface area (Å²) in [6.45, 7) is 0. The maximum atomic E-state index is 9.99. The third-order valence-electron chi connectivity index (χ3n) is 1.39. The average molecular weight is 178 g/mol. The van der Waals surface area contributed by atoms with E-state index in [0.717, 1.165) is 6.29 Å². The van der Waals surface area contributed by atoms with E-state index in [-0.39, 0.29) is 0 Å². The Hall–Kier alpha value is -1.71. The first-order chi connectivity index (χ1) is 6.36. The van der Waals surface area contributed by atoms with Gasteiger partial charge in [-0.1, -0.05) is 6.08 Å². The van der Waals surface area contributed by atoms with Crippen LogP contribution in [0.4, 0.5) is 0 Å². The van der Waals surface area contributed by atoms with Crippen LogP contribution in [0, 0.1) is 0 Å². The van der Waals surface area contributed by atoms with Crippen LogP contribution in [-0.4, -0.2) is 23.6 Å². The molecule has 1 rings (SSSR count). The van der Waals surface area contributed by atoms with Gasteiger partial charge in [-0.15, -0.1) is 10.2 Å². The van der Waals surface area contributed by atoms with E-state index in [1.165, 1.54) is 7.11 Å². The zero-order chi connectivity index (χ0) is 9.52. The third kappa shape index (κ3) is 3.02. The van der Waals surface area contributed by atoms with Crippen molar-refractivity contribution >= 4 is 12.4 Å². The van der Waals surface area contributed by atoms with E-state index in [0.29, 0.717) is 18.0 Å².